The molecule has 1 fully saturated rings. The molecule has 4 nitrogen and oxygen atoms in total. The van der Waals surface area contributed by atoms with Crippen LogP contribution in [0.25, 0.3) is 0 Å². The molecule has 1 aliphatic rings. The van der Waals surface area contributed by atoms with Crippen LogP contribution in [-0.4, -0.2) is 34.8 Å². The summed E-state index contributed by atoms with van der Waals surface area (Å²) in [6.07, 6.45) is -0.772. The minimum absolute atomic E-state index is 0.136. The zero-order valence-electron chi connectivity index (χ0n) is 9.17. The average Bonchev–Trinajstić information content (AvgIpc) is 2.33. The summed E-state index contributed by atoms with van der Waals surface area (Å²) in [6.45, 7) is 2.45. The van der Waals surface area contributed by atoms with Crippen LogP contribution in [0.5, 0.6) is 0 Å². The maximum absolute atomic E-state index is 11.5. The lowest BCUT2D eigenvalue weighted by Gasteiger charge is -2.42. The Morgan fingerprint density at radius 1 is 1.50 bits per heavy atom. The van der Waals surface area contributed by atoms with E-state index in [1.165, 1.54) is 4.90 Å². The van der Waals surface area contributed by atoms with Crippen LogP contribution in [0.15, 0.2) is 30.3 Å². The maximum Gasteiger partial charge on any atom is 0.410 e. The Morgan fingerprint density at radius 3 is 2.75 bits per heavy atom. The van der Waals surface area contributed by atoms with Gasteiger partial charge in [-0.25, -0.2) is 4.79 Å². The van der Waals surface area contributed by atoms with E-state index in [9.17, 15) is 9.90 Å². The highest BCUT2D eigenvalue weighted by Gasteiger charge is 2.38. The molecule has 0 radical (unpaired) electrons. The van der Waals surface area contributed by atoms with Crippen LogP contribution < -0.4 is 0 Å². The van der Waals surface area contributed by atoms with Gasteiger partial charge in [-0.15, -0.1) is 0 Å². The zero-order chi connectivity index (χ0) is 11.5. The van der Waals surface area contributed by atoms with Gasteiger partial charge in [0.15, 0.2) is 0 Å². The lowest BCUT2D eigenvalue weighted by atomic mass is 10.0. The summed E-state index contributed by atoms with van der Waals surface area (Å²) >= 11 is 0. The Hall–Kier alpha value is -1.55. The topological polar surface area (TPSA) is 49.8 Å². The fourth-order valence-corrected chi connectivity index (χ4v) is 1.63. The van der Waals surface area contributed by atoms with Crippen LogP contribution in [0, 0.1) is 0 Å². The van der Waals surface area contributed by atoms with Gasteiger partial charge < -0.3 is 14.7 Å². The van der Waals surface area contributed by atoms with E-state index < -0.39 is 6.10 Å². The fourth-order valence-electron chi connectivity index (χ4n) is 1.63. The summed E-state index contributed by atoms with van der Waals surface area (Å²) in [5.74, 6) is 0. The van der Waals surface area contributed by atoms with Gasteiger partial charge in [-0.1, -0.05) is 30.3 Å². The Bertz CT molecular complexity index is 366. The van der Waals surface area contributed by atoms with Crippen molar-refractivity contribution in [3.63, 3.8) is 0 Å². The van der Waals surface area contributed by atoms with E-state index in [4.69, 9.17) is 4.74 Å². The molecule has 2 rings (SSSR count). The third-order valence-electron chi connectivity index (χ3n) is 2.87. The lowest BCUT2D eigenvalue weighted by molar-refractivity contribution is -0.0473. The number of likely N-dealkylation sites (tertiary alicyclic amines) is 1. The van der Waals surface area contributed by atoms with Gasteiger partial charge in [0.05, 0.1) is 18.7 Å². The third-order valence-corrected chi connectivity index (χ3v) is 2.87. The van der Waals surface area contributed by atoms with Crippen LogP contribution >= 0.6 is 0 Å². The number of aliphatic hydroxyl groups is 1. The second-order valence-corrected chi connectivity index (χ2v) is 4.00. The number of nitrogens with zero attached hydrogens (tertiary/aromatic N) is 1. The second kappa shape index (κ2) is 4.53. The number of amides is 1. The summed E-state index contributed by atoms with van der Waals surface area (Å²) in [6, 6.07) is 9.39. The summed E-state index contributed by atoms with van der Waals surface area (Å²) in [5, 5.41) is 9.27. The van der Waals surface area contributed by atoms with Gasteiger partial charge in [0, 0.05) is 0 Å². The van der Waals surface area contributed by atoms with Gasteiger partial charge in [-0.2, -0.15) is 0 Å². The molecule has 1 N–H and O–H groups in total. The van der Waals surface area contributed by atoms with E-state index in [0.29, 0.717) is 6.54 Å². The molecule has 1 aromatic carbocycles. The van der Waals surface area contributed by atoms with Crippen molar-refractivity contribution in [2.45, 2.75) is 25.7 Å². The number of hydrogen-bond acceptors (Lipinski definition) is 3. The number of carbonyl (C=O) groups is 1. The van der Waals surface area contributed by atoms with Gasteiger partial charge in [0.1, 0.15) is 6.61 Å². The lowest BCUT2D eigenvalue weighted by Crippen LogP contribution is -2.60. The van der Waals surface area contributed by atoms with Gasteiger partial charge in [0.25, 0.3) is 0 Å². The number of β-amino-alcohol motifs (C(OH)–C–C–N with tert-alkyl or cyclic N) is 1. The molecule has 86 valence electrons. The van der Waals surface area contributed by atoms with Crippen molar-refractivity contribution in [2.75, 3.05) is 6.54 Å². The highest BCUT2D eigenvalue weighted by atomic mass is 16.6. The highest BCUT2D eigenvalue weighted by Crippen LogP contribution is 2.18. The average molecular weight is 221 g/mol. The van der Waals surface area contributed by atoms with Crippen molar-refractivity contribution in [1.29, 1.82) is 0 Å². The molecule has 1 amide bonds. The molecule has 0 bridgehead atoms. The molecule has 2 atom stereocenters. The minimum atomic E-state index is -0.413. The first-order chi connectivity index (χ1) is 7.68. The third kappa shape index (κ3) is 2.17. The van der Waals surface area contributed by atoms with Crippen molar-refractivity contribution in [3.8, 4) is 0 Å². The smallest absolute Gasteiger partial charge is 0.410 e. The monoisotopic (exact) mass is 221 g/mol. The predicted molar refractivity (Wildman–Crippen MR) is 58.8 cm³/mol. The Balaban J connectivity index is 1.81. The molecule has 1 aliphatic heterocycles. The fraction of sp³-hybridized carbons (Fsp3) is 0.417. The molecule has 4 heteroatoms. The van der Waals surface area contributed by atoms with Crippen LogP contribution in [0.3, 0.4) is 0 Å². The number of aliphatic hydroxyl groups excluding tert-OH is 1. The van der Waals surface area contributed by atoms with Crippen molar-refractivity contribution >= 4 is 6.09 Å². The summed E-state index contributed by atoms with van der Waals surface area (Å²) in [7, 11) is 0. The van der Waals surface area contributed by atoms with Gasteiger partial charge in [0.2, 0.25) is 0 Å². The largest absolute Gasteiger partial charge is 0.445 e. The Kier molecular flexibility index (Phi) is 3.10. The molecule has 0 aromatic heterocycles. The van der Waals surface area contributed by atoms with Crippen LogP contribution in [-0.2, 0) is 11.3 Å². The van der Waals surface area contributed by atoms with E-state index in [-0.39, 0.29) is 18.7 Å². The first kappa shape index (κ1) is 11.0. The Labute approximate surface area is 94.4 Å². The minimum Gasteiger partial charge on any atom is -0.445 e. The standard InChI is InChI=1S/C12H15NO3/c1-9-11(14)7-13(9)12(15)16-8-10-5-3-2-4-6-10/h2-6,9,11,14H,7-8H2,1H3. The van der Waals surface area contributed by atoms with E-state index in [1.54, 1.807) is 6.92 Å². The molecule has 16 heavy (non-hydrogen) atoms. The number of rotatable bonds is 2. The SMILES string of the molecule is CC1C(O)CN1C(=O)OCc1ccccc1. The quantitative estimate of drug-likeness (QED) is 0.821. The van der Waals surface area contributed by atoms with Gasteiger partial charge in [-0.3, -0.25) is 0 Å². The van der Waals surface area contributed by atoms with E-state index in [2.05, 4.69) is 0 Å². The van der Waals surface area contributed by atoms with Crippen LogP contribution in [0.1, 0.15) is 12.5 Å². The number of carbonyl (C=O) groups excluding carboxylic acids is 1. The summed E-state index contributed by atoms with van der Waals surface area (Å²) in [4.78, 5) is 13.1. The zero-order valence-corrected chi connectivity index (χ0v) is 9.17. The van der Waals surface area contributed by atoms with Crippen molar-refractivity contribution in [3.05, 3.63) is 35.9 Å². The van der Waals surface area contributed by atoms with E-state index in [0.717, 1.165) is 5.56 Å². The molecule has 1 heterocycles. The number of ether oxygens (including phenoxy) is 1. The molecule has 2 unspecified atom stereocenters. The predicted octanol–water partition coefficient (Wildman–Crippen LogP) is 1.39. The summed E-state index contributed by atoms with van der Waals surface area (Å²) < 4.78 is 5.13. The molecule has 0 saturated carbocycles. The molecular weight excluding hydrogens is 206 g/mol. The molecule has 1 saturated heterocycles. The normalized spacial score (nSPS) is 23.8. The van der Waals surface area contributed by atoms with E-state index >= 15 is 0 Å². The van der Waals surface area contributed by atoms with Gasteiger partial charge >= 0.3 is 6.09 Å². The highest BCUT2D eigenvalue weighted by molar-refractivity contribution is 5.69. The number of hydrogen-bond donors (Lipinski definition) is 1. The molecule has 0 aliphatic carbocycles. The van der Waals surface area contributed by atoms with Gasteiger partial charge in [-0.05, 0) is 12.5 Å². The molecule has 0 spiro atoms. The van der Waals surface area contributed by atoms with Crippen molar-refractivity contribution in [2.24, 2.45) is 0 Å². The van der Waals surface area contributed by atoms with E-state index in [1.807, 2.05) is 30.3 Å². The number of benzene rings is 1. The first-order valence-corrected chi connectivity index (χ1v) is 5.34. The van der Waals surface area contributed by atoms with Crippen LogP contribution in [0.2, 0.25) is 0 Å². The second-order valence-electron chi connectivity index (χ2n) is 4.00. The van der Waals surface area contributed by atoms with Crippen molar-refractivity contribution in [1.82, 2.24) is 4.90 Å². The maximum atomic E-state index is 11.5. The Morgan fingerprint density at radius 2 is 2.19 bits per heavy atom. The molecular formula is C12H15NO3. The van der Waals surface area contributed by atoms with Crippen LogP contribution in [0.4, 0.5) is 4.79 Å². The first-order valence-electron chi connectivity index (χ1n) is 5.34. The summed E-state index contributed by atoms with van der Waals surface area (Å²) in [5.41, 5.74) is 0.963. The van der Waals surface area contributed by atoms with Crippen molar-refractivity contribution < 1.29 is 14.6 Å². The molecule has 1 aromatic rings.